The Bertz CT molecular complexity index is 893. The van der Waals surface area contributed by atoms with E-state index in [9.17, 15) is 9.59 Å². The van der Waals surface area contributed by atoms with E-state index < -0.39 is 6.10 Å². The highest BCUT2D eigenvalue weighted by atomic mass is 16.6. The van der Waals surface area contributed by atoms with Crippen LogP contribution >= 0.6 is 0 Å². The highest BCUT2D eigenvalue weighted by molar-refractivity contribution is 5.93. The second kappa shape index (κ2) is 8.53. The normalized spacial score (nSPS) is 18.9. The van der Waals surface area contributed by atoms with E-state index in [1.54, 1.807) is 11.0 Å². The minimum absolute atomic E-state index is 0.0419. The third-order valence-corrected chi connectivity index (χ3v) is 5.25. The molecule has 2 aliphatic rings. The third kappa shape index (κ3) is 4.51. The number of piperazine rings is 1. The van der Waals surface area contributed by atoms with E-state index >= 15 is 0 Å². The molecule has 0 aromatic heterocycles. The van der Waals surface area contributed by atoms with Gasteiger partial charge >= 0.3 is 0 Å². The molecule has 0 aliphatic carbocycles. The molecule has 1 atom stereocenters. The summed E-state index contributed by atoms with van der Waals surface area (Å²) < 4.78 is 11.5. The number of hydrogen-bond donors (Lipinski definition) is 1. The van der Waals surface area contributed by atoms with Crippen LogP contribution in [-0.4, -0.2) is 67.0 Å². The topological polar surface area (TPSA) is 71.1 Å². The standard InChI is InChI=1S/C22H25N3O4/c1-16-6-2-3-7-17(16)23-21(26)14-24-10-12-25(13-11-24)22(27)20-15-28-18-8-4-5-9-19(18)29-20/h2-9,20H,10-15H2,1H3,(H,23,26)/t20-/m1/s1. The lowest BCUT2D eigenvalue weighted by Crippen LogP contribution is -2.54. The van der Waals surface area contributed by atoms with Crippen molar-refractivity contribution in [2.24, 2.45) is 0 Å². The first-order chi connectivity index (χ1) is 14.1. The fourth-order valence-corrected chi connectivity index (χ4v) is 3.58. The van der Waals surface area contributed by atoms with Crippen LogP contribution in [-0.2, 0) is 9.59 Å². The molecule has 0 unspecified atom stereocenters. The maximum absolute atomic E-state index is 12.8. The van der Waals surface area contributed by atoms with E-state index in [1.165, 1.54) is 0 Å². The van der Waals surface area contributed by atoms with Gasteiger partial charge in [0.25, 0.3) is 5.91 Å². The number of aryl methyl sites for hydroxylation is 1. The molecule has 2 aromatic rings. The number of hydrogen-bond acceptors (Lipinski definition) is 5. The van der Waals surface area contributed by atoms with Crippen LogP contribution in [0, 0.1) is 6.92 Å². The van der Waals surface area contributed by atoms with Crippen LogP contribution in [0.1, 0.15) is 5.56 Å². The average Bonchev–Trinajstić information content (AvgIpc) is 2.75. The van der Waals surface area contributed by atoms with Gasteiger partial charge in [-0.15, -0.1) is 0 Å². The van der Waals surface area contributed by atoms with Crippen LogP contribution in [0.4, 0.5) is 5.69 Å². The smallest absolute Gasteiger partial charge is 0.267 e. The van der Waals surface area contributed by atoms with Crippen LogP contribution in [0.2, 0.25) is 0 Å². The monoisotopic (exact) mass is 395 g/mol. The Balaban J connectivity index is 1.26. The number of nitrogens with one attached hydrogen (secondary N) is 1. The van der Waals surface area contributed by atoms with Crippen LogP contribution in [0.3, 0.4) is 0 Å². The number of carbonyl (C=O) groups excluding carboxylic acids is 2. The first kappa shape index (κ1) is 19.3. The Morgan fingerprint density at radius 1 is 1.00 bits per heavy atom. The first-order valence-electron chi connectivity index (χ1n) is 9.85. The first-order valence-corrected chi connectivity index (χ1v) is 9.85. The van der Waals surface area contributed by atoms with Crippen molar-refractivity contribution < 1.29 is 19.1 Å². The van der Waals surface area contributed by atoms with Crippen molar-refractivity contribution in [2.75, 3.05) is 44.6 Å². The summed E-state index contributed by atoms with van der Waals surface area (Å²) in [6, 6.07) is 15.1. The van der Waals surface area contributed by atoms with Gasteiger partial charge in [-0.2, -0.15) is 0 Å². The molecule has 152 valence electrons. The Morgan fingerprint density at radius 3 is 2.45 bits per heavy atom. The molecule has 2 aromatic carbocycles. The lowest BCUT2D eigenvalue weighted by atomic mass is 10.2. The largest absolute Gasteiger partial charge is 0.485 e. The summed E-state index contributed by atoms with van der Waals surface area (Å²) in [5.41, 5.74) is 1.87. The van der Waals surface area contributed by atoms with Crippen molar-refractivity contribution in [3.63, 3.8) is 0 Å². The quantitative estimate of drug-likeness (QED) is 0.857. The van der Waals surface area contributed by atoms with E-state index in [4.69, 9.17) is 9.47 Å². The predicted molar refractivity (Wildman–Crippen MR) is 109 cm³/mol. The number of para-hydroxylation sites is 3. The molecular formula is C22H25N3O4. The van der Waals surface area contributed by atoms with E-state index in [1.807, 2.05) is 49.4 Å². The van der Waals surface area contributed by atoms with Gasteiger partial charge in [-0.3, -0.25) is 14.5 Å². The zero-order chi connectivity index (χ0) is 20.2. The molecule has 7 nitrogen and oxygen atoms in total. The van der Waals surface area contributed by atoms with Crippen LogP contribution in [0.25, 0.3) is 0 Å². The third-order valence-electron chi connectivity index (χ3n) is 5.25. The summed E-state index contributed by atoms with van der Waals surface area (Å²) in [5, 5.41) is 2.95. The lowest BCUT2D eigenvalue weighted by Gasteiger charge is -2.36. The summed E-state index contributed by atoms with van der Waals surface area (Å²) >= 11 is 0. The van der Waals surface area contributed by atoms with Crippen LogP contribution in [0.15, 0.2) is 48.5 Å². The molecule has 2 heterocycles. The molecule has 1 saturated heterocycles. The van der Waals surface area contributed by atoms with Gasteiger partial charge in [-0.05, 0) is 30.7 Å². The molecule has 1 N–H and O–H groups in total. The van der Waals surface area contributed by atoms with Gasteiger partial charge in [0.05, 0.1) is 6.54 Å². The molecule has 7 heteroatoms. The van der Waals surface area contributed by atoms with E-state index in [-0.39, 0.29) is 18.4 Å². The highest BCUT2D eigenvalue weighted by Gasteiger charge is 2.32. The van der Waals surface area contributed by atoms with Gasteiger partial charge in [0, 0.05) is 31.9 Å². The van der Waals surface area contributed by atoms with E-state index in [0.717, 1.165) is 11.3 Å². The number of nitrogens with zero attached hydrogens (tertiary/aromatic N) is 2. The average molecular weight is 395 g/mol. The van der Waals surface area contributed by atoms with Crippen molar-refractivity contribution >= 4 is 17.5 Å². The molecule has 4 rings (SSSR count). The Kier molecular flexibility index (Phi) is 5.67. The minimum atomic E-state index is -0.624. The Hall–Kier alpha value is -3.06. The second-order valence-corrected chi connectivity index (χ2v) is 7.33. The number of anilines is 1. The van der Waals surface area contributed by atoms with Gasteiger partial charge in [-0.1, -0.05) is 30.3 Å². The number of carbonyl (C=O) groups is 2. The van der Waals surface area contributed by atoms with E-state index in [0.29, 0.717) is 44.2 Å². The SMILES string of the molecule is Cc1ccccc1NC(=O)CN1CCN(C(=O)[C@H]2COc3ccccc3O2)CC1. The Morgan fingerprint density at radius 2 is 1.69 bits per heavy atom. The highest BCUT2D eigenvalue weighted by Crippen LogP contribution is 2.31. The summed E-state index contributed by atoms with van der Waals surface area (Å²) in [5.74, 6) is 1.16. The van der Waals surface area contributed by atoms with Gasteiger partial charge in [-0.25, -0.2) is 0 Å². The van der Waals surface area contributed by atoms with Crippen molar-refractivity contribution in [1.82, 2.24) is 9.80 Å². The molecule has 2 aliphatic heterocycles. The predicted octanol–water partition coefficient (Wildman–Crippen LogP) is 1.92. The fourth-order valence-electron chi connectivity index (χ4n) is 3.58. The molecule has 0 spiro atoms. The Labute approximate surface area is 170 Å². The number of fused-ring (bicyclic) bond motifs is 1. The van der Waals surface area contributed by atoms with Crippen molar-refractivity contribution in [3.8, 4) is 11.5 Å². The van der Waals surface area contributed by atoms with Gasteiger partial charge < -0.3 is 19.7 Å². The fraction of sp³-hybridized carbons (Fsp3) is 0.364. The van der Waals surface area contributed by atoms with Crippen molar-refractivity contribution in [2.45, 2.75) is 13.0 Å². The van der Waals surface area contributed by atoms with Crippen LogP contribution in [0.5, 0.6) is 11.5 Å². The molecule has 0 radical (unpaired) electrons. The summed E-state index contributed by atoms with van der Waals surface area (Å²) in [7, 11) is 0. The zero-order valence-corrected chi connectivity index (χ0v) is 16.5. The maximum atomic E-state index is 12.8. The van der Waals surface area contributed by atoms with E-state index in [2.05, 4.69) is 10.2 Å². The molecular weight excluding hydrogens is 370 g/mol. The molecule has 29 heavy (non-hydrogen) atoms. The summed E-state index contributed by atoms with van der Waals surface area (Å²) in [4.78, 5) is 29.0. The van der Waals surface area contributed by atoms with Gasteiger partial charge in [0.15, 0.2) is 11.5 Å². The number of rotatable bonds is 4. The van der Waals surface area contributed by atoms with Crippen LogP contribution < -0.4 is 14.8 Å². The molecule has 0 saturated carbocycles. The van der Waals surface area contributed by atoms with Gasteiger partial charge in [0.2, 0.25) is 12.0 Å². The molecule has 0 bridgehead atoms. The number of amides is 2. The van der Waals surface area contributed by atoms with Crippen molar-refractivity contribution in [3.05, 3.63) is 54.1 Å². The number of benzene rings is 2. The number of ether oxygens (including phenoxy) is 2. The van der Waals surface area contributed by atoms with Crippen molar-refractivity contribution in [1.29, 1.82) is 0 Å². The second-order valence-electron chi connectivity index (χ2n) is 7.33. The minimum Gasteiger partial charge on any atom is -0.485 e. The molecule has 2 amide bonds. The summed E-state index contributed by atoms with van der Waals surface area (Å²) in [6.07, 6.45) is -0.624. The molecule has 1 fully saturated rings. The van der Waals surface area contributed by atoms with Gasteiger partial charge in [0.1, 0.15) is 6.61 Å². The summed E-state index contributed by atoms with van der Waals surface area (Å²) in [6.45, 7) is 4.93. The maximum Gasteiger partial charge on any atom is 0.267 e. The lowest BCUT2D eigenvalue weighted by molar-refractivity contribution is -0.143. The zero-order valence-electron chi connectivity index (χ0n) is 16.5.